The van der Waals surface area contributed by atoms with E-state index in [4.69, 9.17) is 0 Å². The molecule has 0 atom stereocenters. The molecule has 0 aliphatic carbocycles. The Hall–Kier alpha value is -3.00. The largest absolute Gasteiger partial charge is 0.360 e. The van der Waals surface area contributed by atoms with E-state index in [0.717, 1.165) is 46.8 Å². The molecule has 0 radical (unpaired) electrons. The summed E-state index contributed by atoms with van der Waals surface area (Å²) < 4.78 is 0. The van der Waals surface area contributed by atoms with Crippen LogP contribution in [-0.4, -0.2) is 4.98 Å². The lowest BCUT2D eigenvalue weighted by Gasteiger charge is -2.08. The molecule has 0 amide bonds. The van der Waals surface area contributed by atoms with E-state index in [1.54, 1.807) is 0 Å². The highest BCUT2D eigenvalue weighted by atomic mass is 14.9. The topological polar surface area (TPSA) is 27.8 Å². The van der Waals surface area contributed by atoms with Gasteiger partial charge in [0.15, 0.2) is 0 Å². The first kappa shape index (κ1) is 21.3. The standard InChI is InChI=1S/C26H32N2/c1-8-20(6)27-24(9-2)15-10-19(5)16-22-11-13-23(14-12-22)26-17-25(18(3)4)21(7)28-26/h9-15,17,27-28H,3,5-6,8,16H2,1-2,4,7H3/b15-10-,24-9+. The predicted molar refractivity (Wildman–Crippen MR) is 124 cm³/mol. The number of aryl methyl sites for hydroxylation is 1. The highest BCUT2D eigenvalue weighted by Gasteiger charge is 2.07. The highest BCUT2D eigenvalue weighted by Crippen LogP contribution is 2.26. The van der Waals surface area contributed by atoms with E-state index >= 15 is 0 Å². The van der Waals surface area contributed by atoms with Gasteiger partial charge in [-0.25, -0.2) is 0 Å². The SMILES string of the molecule is C=C(/C=C\C(=C/C)NC(=C)CC)Cc1ccc(-c2cc(C(=C)C)c(C)[nH]2)cc1. The summed E-state index contributed by atoms with van der Waals surface area (Å²) in [5, 5.41) is 3.30. The monoisotopic (exact) mass is 372 g/mol. The maximum Gasteiger partial charge on any atom is 0.0462 e. The molecular formula is C26H32N2. The highest BCUT2D eigenvalue weighted by molar-refractivity contribution is 5.71. The van der Waals surface area contributed by atoms with Gasteiger partial charge in [0.05, 0.1) is 0 Å². The Labute approximate surface area is 170 Å². The third kappa shape index (κ3) is 5.75. The van der Waals surface area contributed by atoms with Crippen molar-refractivity contribution >= 4 is 5.57 Å². The van der Waals surface area contributed by atoms with Gasteiger partial charge >= 0.3 is 0 Å². The van der Waals surface area contributed by atoms with Crippen LogP contribution in [0.5, 0.6) is 0 Å². The van der Waals surface area contributed by atoms with Gasteiger partial charge in [-0.2, -0.15) is 0 Å². The van der Waals surface area contributed by atoms with Crippen LogP contribution in [0.3, 0.4) is 0 Å². The van der Waals surface area contributed by atoms with E-state index in [9.17, 15) is 0 Å². The quantitative estimate of drug-likeness (QED) is 0.452. The molecule has 0 aliphatic heterocycles. The number of hydrogen-bond donors (Lipinski definition) is 2. The molecule has 0 fully saturated rings. The first-order valence-corrected chi connectivity index (χ1v) is 9.75. The summed E-state index contributed by atoms with van der Waals surface area (Å²) in [6.45, 7) is 20.4. The van der Waals surface area contributed by atoms with Gasteiger partial charge in [-0.1, -0.05) is 68.7 Å². The summed E-state index contributed by atoms with van der Waals surface area (Å²) in [5.41, 5.74) is 10.1. The lowest BCUT2D eigenvalue weighted by molar-refractivity contribution is 0.917. The van der Waals surface area contributed by atoms with Crippen LogP contribution in [-0.2, 0) is 6.42 Å². The molecule has 2 nitrogen and oxygen atoms in total. The van der Waals surface area contributed by atoms with Gasteiger partial charge in [0, 0.05) is 22.8 Å². The van der Waals surface area contributed by atoms with Crippen molar-refractivity contribution in [1.82, 2.24) is 10.3 Å². The maximum absolute atomic E-state index is 4.19. The summed E-state index contributed by atoms with van der Waals surface area (Å²) in [5.74, 6) is 0. The first-order chi connectivity index (χ1) is 13.3. The molecule has 0 saturated heterocycles. The zero-order valence-electron chi connectivity index (χ0n) is 17.7. The number of benzene rings is 1. The van der Waals surface area contributed by atoms with E-state index < -0.39 is 0 Å². The second kappa shape index (κ2) is 9.80. The Morgan fingerprint density at radius 2 is 1.79 bits per heavy atom. The first-order valence-electron chi connectivity index (χ1n) is 9.75. The fraction of sp³-hybridized carbons (Fsp3) is 0.231. The zero-order valence-corrected chi connectivity index (χ0v) is 17.7. The molecule has 0 saturated carbocycles. The summed E-state index contributed by atoms with van der Waals surface area (Å²) in [6, 6.07) is 10.8. The van der Waals surface area contributed by atoms with Crippen molar-refractivity contribution in [3.63, 3.8) is 0 Å². The number of rotatable bonds is 9. The second-order valence-electron chi connectivity index (χ2n) is 7.19. The molecule has 0 bridgehead atoms. The van der Waals surface area contributed by atoms with Crippen molar-refractivity contribution in [2.75, 3.05) is 0 Å². The molecular weight excluding hydrogens is 340 g/mol. The van der Waals surface area contributed by atoms with E-state index in [0.29, 0.717) is 0 Å². The van der Waals surface area contributed by atoms with Crippen molar-refractivity contribution in [2.45, 2.75) is 40.5 Å². The molecule has 0 aliphatic rings. The lowest BCUT2D eigenvalue weighted by Crippen LogP contribution is -2.09. The van der Waals surface area contributed by atoms with Crippen molar-refractivity contribution in [3.8, 4) is 11.3 Å². The number of hydrogen-bond acceptors (Lipinski definition) is 1. The molecule has 1 aromatic carbocycles. The number of aromatic amines is 1. The van der Waals surface area contributed by atoms with Crippen LogP contribution in [0.1, 0.15) is 44.0 Å². The minimum Gasteiger partial charge on any atom is -0.360 e. The molecule has 2 heteroatoms. The van der Waals surface area contributed by atoms with Crippen molar-refractivity contribution < 1.29 is 0 Å². The number of aromatic nitrogens is 1. The van der Waals surface area contributed by atoms with Gasteiger partial charge in [0.2, 0.25) is 0 Å². The van der Waals surface area contributed by atoms with Gasteiger partial charge < -0.3 is 10.3 Å². The minimum absolute atomic E-state index is 0.823. The summed E-state index contributed by atoms with van der Waals surface area (Å²) in [4.78, 5) is 3.45. The van der Waals surface area contributed by atoms with Crippen LogP contribution in [0.2, 0.25) is 0 Å². The van der Waals surface area contributed by atoms with Crippen LogP contribution in [0, 0.1) is 6.92 Å². The van der Waals surface area contributed by atoms with Crippen molar-refractivity contribution in [3.05, 3.63) is 102 Å². The Morgan fingerprint density at radius 3 is 2.32 bits per heavy atom. The Morgan fingerprint density at radius 1 is 1.11 bits per heavy atom. The molecule has 146 valence electrons. The Balaban J connectivity index is 2.03. The average Bonchev–Trinajstić information content (AvgIpc) is 3.07. The molecule has 2 rings (SSSR count). The number of nitrogens with one attached hydrogen (secondary N) is 2. The molecule has 2 N–H and O–H groups in total. The van der Waals surface area contributed by atoms with Crippen LogP contribution >= 0.6 is 0 Å². The fourth-order valence-electron chi connectivity index (χ4n) is 2.99. The Bertz CT molecular complexity index is 918. The van der Waals surface area contributed by atoms with E-state index in [1.807, 2.05) is 19.9 Å². The molecule has 1 aromatic heterocycles. The van der Waals surface area contributed by atoms with Gasteiger partial charge in [-0.15, -0.1) is 0 Å². The van der Waals surface area contributed by atoms with Crippen LogP contribution in [0.25, 0.3) is 16.8 Å². The second-order valence-corrected chi connectivity index (χ2v) is 7.19. The van der Waals surface area contributed by atoms with Gasteiger partial charge in [0.1, 0.15) is 0 Å². The van der Waals surface area contributed by atoms with E-state index in [-0.39, 0.29) is 0 Å². The minimum atomic E-state index is 0.823. The van der Waals surface area contributed by atoms with Crippen LogP contribution in [0.15, 0.2) is 85.3 Å². The molecule has 28 heavy (non-hydrogen) atoms. The third-order valence-electron chi connectivity index (χ3n) is 4.73. The molecule has 2 aromatic rings. The van der Waals surface area contributed by atoms with Crippen LogP contribution in [0.4, 0.5) is 0 Å². The van der Waals surface area contributed by atoms with Crippen molar-refractivity contribution in [1.29, 1.82) is 0 Å². The number of H-pyrrole nitrogens is 1. The predicted octanol–water partition coefficient (Wildman–Crippen LogP) is 7.10. The van der Waals surface area contributed by atoms with Gasteiger partial charge in [-0.3, -0.25) is 0 Å². The molecule has 0 spiro atoms. The average molecular weight is 373 g/mol. The fourth-order valence-corrected chi connectivity index (χ4v) is 2.99. The maximum atomic E-state index is 4.19. The Kier molecular flexibility index (Phi) is 7.45. The summed E-state index contributed by atoms with van der Waals surface area (Å²) >= 11 is 0. The van der Waals surface area contributed by atoms with Crippen molar-refractivity contribution in [2.24, 2.45) is 0 Å². The van der Waals surface area contributed by atoms with E-state index in [2.05, 4.69) is 86.4 Å². The normalized spacial score (nSPS) is 11.6. The lowest BCUT2D eigenvalue weighted by atomic mass is 10.0. The van der Waals surface area contributed by atoms with Gasteiger partial charge in [-0.05, 0) is 68.0 Å². The number of allylic oxidation sites excluding steroid dienone is 6. The van der Waals surface area contributed by atoms with Gasteiger partial charge in [0.25, 0.3) is 0 Å². The zero-order chi connectivity index (χ0) is 20.7. The third-order valence-corrected chi connectivity index (χ3v) is 4.73. The molecule has 1 heterocycles. The van der Waals surface area contributed by atoms with Crippen LogP contribution < -0.4 is 5.32 Å². The molecule has 0 unspecified atom stereocenters. The van der Waals surface area contributed by atoms with E-state index in [1.165, 1.54) is 16.7 Å². The smallest absolute Gasteiger partial charge is 0.0462 e. The summed E-state index contributed by atoms with van der Waals surface area (Å²) in [6.07, 6.45) is 7.89. The summed E-state index contributed by atoms with van der Waals surface area (Å²) in [7, 11) is 0.